The van der Waals surface area contributed by atoms with Crippen LogP contribution < -0.4 is 4.74 Å². The summed E-state index contributed by atoms with van der Waals surface area (Å²) in [6, 6.07) is 22.9. The quantitative estimate of drug-likeness (QED) is 0.581. The lowest BCUT2D eigenvalue weighted by atomic mass is 9.99. The van der Waals surface area contributed by atoms with Crippen molar-refractivity contribution in [3.63, 3.8) is 0 Å². The topological polar surface area (TPSA) is 26.3 Å². The van der Waals surface area contributed by atoms with Crippen molar-refractivity contribution >= 4 is 21.7 Å². The van der Waals surface area contributed by atoms with Gasteiger partial charge in [-0.2, -0.15) is 0 Å². The molecule has 0 bridgehead atoms. The van der Waals surface area contributed by atoms with E-state index in [2.05, 4.69) is 15.9 Å². The van der Waals surface area contributed by atoms with E-state index < -0.39 is 0 Å². The molecule has 3 heteroatoms. The first-order chi connectivity index (χ1) is 11.2. The second-order valence-corrected chi connectivity index (χ2v) is 6.06. The lowest BCUT2D eigenvalue weighted by Crippen LogP contribution is -2.00. The number of ketones is 1. The maximum absolute atomic E-state index is 12.5. The Morgan fingerprint density at radius 3 is 1.65 bits per heavy atom. The molecule has 0 aliphatic heterocycles. The second-order valence-electron chi connectivity index (χ2n) is 5.14. The molecule has 0 aliphatic carbocycles. The van der Waals surface area contributed by atoms with Crippen molar-refractivity contribution in [2.45, 2.75) is 0 Å². The van der Waals surface area contributed by atoms with Crippen LogP contribution in [0.3, 0.4) is 0 Å². The maximum atomic E-state index is 12.5. The minimum atomic E-state index is 0.0266. The molecular formula is C20H15BrO2. The van der Waals surface area contributed by atoms with Gasteiger partial charge in [-0.05, 0) is 47.5 Å². The number of halogens is 1. The molecule has 0 spiro atoms. The monoisotopic (exact) mass is 366 g/mol. The summed E-state index contributed by atoms with van der Waals surface area (Å²) in [5, 5.41) is 0. The fourth-order valence-electron chi connectivity index (χ4n) is 2.37. The Morgan fingerprint density at radius 2 is 1.17 bits per heavy atom. The highest BCUT2D eigenvalue weighted by atomic mass is 79.9. The molecule has 3 aromatic carbocycles. The lowest BCUT2D eigenvalue weighted by molar-refractivity contribution is 0.103. The van der Waals surface area contributed by atoms with Gasteiger partial charge in [0, 0.05) is 15.6 Å². The van der Waals surface area contributed by atoms with Gasteiger partial charge < -0.3 is 4.74 Å². The zero-order valence-corrected chi connectivity index (χ0v) is 14.2. The largest absolute Gasteiger partial charge is 0.497 e. The fraction of sp³-hybridized carbons (Fsp3) is 0.0500. The first-order valence-corrected chi connectivity index (χ1v) is 8.01. The Hall–Kier alpha value is -2.39. The van der Waals surface area contributed by atoms with E-state index in [0.717, 1.165) is 21.3 Å². The molecule has 0 aromatic heterocycles. The Morgan fingerprint density at radius 1 is 0.739 bits per heavy atom. The normalized spacial score (nSPS) is 10.3. The van der Waals surface area contributed by atoms with Crippen LogP contribution in [0.1, 0.15) is 15.9 Å². The van der Waals surface area contributed by atoms with E-state index in [1.54, 1.807) is 7.11 Å². The number of benzene rings is 3. The van der Waals surface area contributed by atoms with E-state index in [9.17, 15) is 4.79 Å². The van der Waals surface area contributed by atoms with Crippen molar-refractivity contribution in [2.24, 2.45) is 0 Å². The summed E-state index contributed by atoms with van der Waals surface area (Å²) < 4.78 is 6.13. The summed E-state index contributed by atoms with van der Waals surface area (Å²) in [5.41, 5.74) is 3.53. The number of rotatable bonds is 4. The van der Waals surface area contributed by atoms with E-state index in [4.69, 9.17) is 4.74 Å². The van der Waals surface area contributed by atoms with Crippen LogP contribution in [0.4, 0.5) is 0 Å². The summed E-state index contributed by atoms with van der Waals surface area (Å²) in [7, 11) is 1.65. The smallest absolute Gasteiger partial charge is 0.193 e. The molecular weight excluding hydrogens is 352 g/mol. The molecule has 0 amide bonds. The van der Waals surface area contributed by atoms with Crippen LogP contribution in [-0.4, -0.2) is 12.9 Å². The Kier molecular flexibility index (Phi) is 4.58. The lowest BCUT2D eigenvalue weighted by Gasteiger charge is -2.06. The molecule has 0 saturated heterocycles. The van der Waals surface area contributed by atoms with Gasteiger partial charge in [-0.1, -0.05) is 52.3 Å². The van der Waals surface area contributed by atoms with E-state index in [1.165, 1.54) is 0 Å². The summed E-state index contributed by atoms with van der Waals surface area (Å²) in [5.74, 6) is 0.856. The average Bonchev–Trinajstić information content (AvgIpc) is 2.62. The van der Waals surface area contributed by atoms with Crippen LogP contribution in [0.25, 0.3) is 11.1 Å². The number of methoxy groups -OCH3 is 1. The molecule has 23 heavy (non-hydrogen) atoms. The first-order valence-electron chi connectivity index (χ1n) is 7.22. The molecule has 0 heterocycles. The van der Waals surface area contributed by atoms with Gasteiger partial charge in [-0.3, -0.25) is 4.79 Å². The van der Waals surface area contributed by atoms with Crippen LogP contribution in [0.2, 0.25) is 0 Å². The van der Waals surface area contributed by atoms with Gasteiger partial charge in [0.2, 0.25) is 0 Å². The zero-order valence-electron chi connectivity index (χ0n) is 12.6. The molecule has 3 rings (SSSR count). The minimum Gasteiger partial charge on any atom is -0.497 e. The van der Waals surface area contributed by atoms with Gasteiger partial charge in [-0.25, -0.2) is 0 Å². The number of hydrogen-bond donors (Lipinski definition) is 0. The molecule has 0 fully saturated rings. The second kappa shape index (κ2) is 6.80. The van der Waals surface area contributed by atoms with Crippen molar-refractivity contribution in [1.82, 2.24) is 0 Å². The number of ether oxygens (including phenoxy) is 1. The predicted molar refractivity (Wildman–Crippen MR) is 96.0 cm³/mol. The number of carbonyl (C=O) groups is 1. The first kappa shape index (κ1) is 15.5. The van der Waals surface area contributed by atoms with Crippen molar-refractivity contribution in [3.8, 4) is 16.9 Å². The molecule has 0 atom stereocenters. The standard InChI is InChI=1S/C20H15BrO2/c1-23-19-12-8-15(9-13-19)14-2-4-16(5-3-14)20(22)17-6-10-18(21)11-7-17/h2-13H,1H3. The Balaban J connectivity index is 1.83. The van der Waals surface area contributed by atoms with E-state index in [1.807, 2.05) is 72.8 Å². The summed E-state index contributed by atoms with van der Waals surface area (Å²) >= 11 is 3.38. The van der Waals surface area contributed by atoms with Crippen LogP contribution in [0, 0.1) is 0 Å². The fourth-order valence-corrected chi connectivity index (χ4v) is 2.63. The number of carbonyl (C=O) groups excluding carboxylic acids is 1. The maximum Gasteiger partial charge on any atom is 0.193 e. The highest BCUT2D eigenvalue weighted by Gasteiger charge is 2.09. The van der Waals surface area contributed by atoms with Gasteiger partial charge >= 0.3 is 0 Å². The predicted octanol–water partition coefficient (Wildman–Crippen LogP) is 5.36. The Bertz CT molecular complexity index is 804. The summed E-state index contributed by atoms with van der Waals surface area (Å²) in [6.45, 7) is 0. The molecule has 2 nitrogen and oxygen atoms in total. The van der Waals surface area contributed by atoms with Crippen LogP contribution in [-0.2, 0) is 0 Å². The van der Waals surface area contributed by atoms with Crippen LogP contribution in [0.15, 0.2) is 77.3 Å². The average molecular weight is 367 g/mol. The van der Waals surface area contributed by atoms with E-state index in [0.29, 0.717) is 11.1 Å². The highest BCUT2D eigenvalue weighted by molar-refractivity contribution is 9.10. The zero-order chi connectivity index (χ0) is 16.2. The molecule has 0 N–H and O–H groups in total. The van der Waals surface area contributed by atoms with Gasteiger partial charge in [-0.15, -0.1) is 0 Å². The minimum absolute atomic E-state index is 0.0266. The molecule has 0 saturated carbocycles. The van der Waals surface area contributed by atoms with Gasteiger partial charge in [0.25, 0.3) is 0 Å². The molecule has 3 aromatic rings. The van der Waals surface area contributed by atoms with Gasteiger partial charge in [0.05, 0.1) is 7.11 Å². The van der Waals surface area contributed by atoms with Crippen molar-refractivity contribution in [2.75, 3.05) is 7.11 Å². The highest BCUT2D eigenvalue weighted by Crippen LogP contribution is 2.23. The third-order valence-corrected chi connectivity index (χ3v) is 4.21. The summed E-state index contributed by atoms with van der Waals surface area (Å²) in [4.78, 5) is 12.5. The van der Waals surface area contributed by atoms with E-state index in [-0.39, 0.29) is 5.78 Å². The third-order valence-electron chi connectivity index (χ3n) is 3.68. The third kappa shape index (κ3) is 3.51. The molecule has 0 aliphatic rings. The van der Waals surface area contributed by atoms with Crippen molar-refractivity contribution in [1.29, 1.82) is 0 Å². The van der Waals surface area contributed by atoms with Gasteiger partial charge in [0.1, 0.15) is 5.75 Å². The number of hydrogen-bond acceptors (Lipinski definition) is 2. The summed E-state index contributed by atoms with van der Waals surface area (Å²) in [6.07, 6.45) is 0. The van der Waals surface area contributed by atoms with Crippen molar-refractivity contribution < 1.29 is 9.53 Å². The van der Waals surface area contributed by atoms with Crippen LogP contribution >= 0.6 is 15.9 Å². The van der Waals surface area contributed by atoms with Crippen molar-refractivity contribution in [3.05, 3.63) is 88.4 Å². The molecule has 0 radical (unpaired) electrons. The van der Waals surface area contributed by atoms with E-state index >= 15 is 0 Å². The molecule has 114 valence electrons. The molecule has 0 unspecified atom stereocenters. The Labute approximate surface area is 143 Å². The van der Waals surface area contributed by atoms with Crippen LogP contribution in [0.5, 0.6) is 5.75 Å². The van der Waals surface area contributed by atoms with Gasteiger partial charge in [0.15, 0.2) is 5.78 Å². The SMILES string of the molecule is COc1ccc(-c2ccc(C(=O)c3ccc(Br)cc3)cc2)cc1.